The average Bonchev–Trinajstić information content (AvgIpc) is 2.83. The quantitative estimate of drug-likeness (QED) is 0.270. The van der Waals surface area contributed by atoms with Crippen LogP contribution >= 0.6 is 0 Å². The molecule has 0 spiro atoms. The first-order chi connectivity index (χ1) is 16.1. The van der Waals surface area contributed by atoms with E-state index in [2.05, 4.69) is 0 Å². The molecule has 1 atom stereocenters. The predicted octanol–water partition coefficient (Wildman–Crippen LogP) is 4.04. The lowest BCUT2D eigenvalue weighted by Gasteiger charge is -2.22. The van der Waals surface area contributed by atoms with Crippen LogP contribution in [0.1, 0.15) is 34.0 Å². The van der Waals surface area contributed by atoms with E-state index < -0.39 is 39.3 Å². The maximum Gasteiger partial charge on any atom is 0.338 e. The van der Waals surface area contributed by atoms with Gasteiger partial charge in [0.1, 0.15) is 6.10 Å². The molecule has 176 valence electrons. The monoisotopic (exact) mass is 482 g/mol. The van der Waals surface area contributed by atoms with Crippen molar-refractivity contribution in [2.75, 3.05) is 7.05 Å². The van der Waals surface area contributed by atoms with Gasteiger partial charge in [-0.3, -0.25) is 14.9 Å². The van der Waals surface area contributed by atoms with Gasteiger partial charge in [-0.15, -0.1) is 0 Å². The second kappa shape index (κ2) is 10.3. The smallest absolute Gasteiger partial charge is 0.338 e. The number of esters is 1. The number of hydrogen-bond acceptors (Lipinski definition) is 7. The third kappa shape index (κ3) is 5.65. The van der Waals surface area contributed by atoms with Crippen LogP contribution in [0.5, 0.6) is 0 Å². The standard InChI is InChI=1S/C24H22N2O7S/c1-17-8-14-21(15-9-17)34(31,32)25(2)23(27)16-22(18-6-4-3-5-7-18)33-24(28)19-10-12-20(13-11-19)26(29)30/h3-15,22H,16H2,1-2H3. The van der Waals surface area contributed by atoms with Crippen LogP contribution in [0.25, 0.3) is 0 Å². The Kier molecular flexibility index (Phi) is 7.42. The van der Waals surface area contributed by atoms with Gasteiger partial charge in [-0.2, -0.15) is 0 Å². The van der Waals surface area contributed by atoms with Crippen molar-refractivity contribution in [3.8, 4) is 0 Å². The van der Waals surface area contributed by atoms with Gasteiger partial charge in [-0.1, -0.05) is 48.0 Å². The van der Waals surface area contributed by atoms with E-state index in [1.54, 1.807) is 42.5 Å². The van der Waals surface area contributed by atoms with Crippen molar-refractivity contribution < 1.29 is 27.7 Å². The van der Waals surface area contributed by atoms with Gasteiger partial charge in [-0.25, -0.2) is 17.5 Å². The van der Waals surface area contributed by atoms with E-state index in [0.717, 1.165) is 12.6 Å². The summed E-state index contributed by atoms with van der Waals surface area (Å²) in [6.45, 7) is 1.81. The molecule has 0 fully saturated rings. The molecule has 0 heterocycles. The maximum atomic E-state index is 12.9. The molecule has 3 rings (SSSR count). The number of ether oxygens (including phenoxy) is 1. The van der Waals surface area contributed by atoms with E-state index >= 15 is 0 Å². The highest BCUT2D eigenvalue weighted by Gasteiger charge is 2.29. The van der Waals surface area contributed by atoms with Crippen LogP contribution in [-0.2, 0) is 19.6 Å². The highest BCUT2D eigenvalue weighted by Crippen LogP contribution is 2.26. The number of nitrogens with zero attached hydrogens (tertiary/aromatic N) is 2. The molecule has 0 N–H and O–H groups in total. The van der Waals surface area contributed by atoms with Crippen LogP contribution in [-0.4, -0.2) is 36.6 Å². The number of nitro groups is 1. The van der Waals surface area contributed by atoms with Gasteiger partial charge < -0.3 is 4.74 Å². The van der Waals surface area contributed by atoms with Crippen molar-refractivity contribution in [1.82, 2.24) is 4.31 Å². The summed E-state index contributed by atoms with van der Waals surface area (Å²) in [7, 11) is -2.95. The predicted molar refractivity (Wildman–Crippen MR) is 123 cm³/mol. The number of amides is 1. The first kappa shape index (κ1) is 24.6. The summed E-state index contributed by atoms with van der Waals surface area (Å²) >= 11 is 0. The van der Waals surface area contributed by atoms with Crippen molar-refractivity contribution in [3.63, 3.8) is 0 Å². The highest BCUT2D eigenvalue weighted by molar-refractivity contribution is 7.89. The molecule has 3 aromatic rings. The molecular weight excluding hydrogens is 460 g/mol. The number of sulfonamides is 1. The number of carbonyl (C=O) groups is 2. The summed E-state index contributed by atoms with van der Waals surface area (Å²) < 4.78 is 31.9. The fourth-order valence-corrected chi connectivity index (χ4v) is 4.24. The molecule has 0 aliphatic rings. The summed E-state index contributed by atoms with van der Waals surface area (Å²) in [6, 6.07) is 19.3. The zero-order valence-corrected chi connectivity index (χ0v) is 19.3. The number of hydrogen-bond donors (Lipinski definition) is 0. The molecular formula is C24H22N2O7S. The van der Waals surface area contributed by atoms with Crippen LogP contribution in [0, 0.1) is 17.0 Å². The Morgan fingerprint density at radius 3 is 2.12 bits per heavy atom. The molecule has 0 aliphatic heterocycles. The van der Waals surface area contributed by atoms with E-state index in [1.807, 2.05) is 6.92 Å². The van der Waals surface area contributed by atoms with Gasteiger partial charge in [0, 0.05) is 19.2 Å². The molecule has 0 aromatic heterocycles. The summed E-state index contributed by atoms with van der Waals surface area (Å²) in [6.07, 6.45) is -1.50. The molecule has 0 saturated heterocycles. The van der Waals surface area contributed by atoms with E-state index in [0.29, 0.717) is 9.87 Å². The first-order valence-corrected chi connectivity index (χ1v) is 11.6. The summed E-state index contributed by atoms with van der Waals surface area (Å²) in [5.74, 6) is -1.58. The fraction of sp³-hybridized carbons (Fsp3) is 0.167. The number of benzene rings is 3. The van der Waals surface area contributed by atoms with Crippen LogP contribution in [0.2, 0.25) is 0 Å². The fourth-order valence-electron chi connectivity index (χ4n) is 3.10. The maximum absolute atomic E-state index is 12.9. The SMILES string of the molecule is Cc1ccc(S(=O)(=O)N(C)C(=O)CC(OC(=O)c2ccc([N+](=O)[O-])cc2)c2ccccc2)cc1. The zero-order chi connectivity index (χ0) is 24.9. The number of rotatable bonds is 8. The van der Waals surface area contributed by atoms with E-state index in [-0.39, 0.29) is 16.1 Å². The van der Waals surface area contributed by atoms with Crippen molar-refractivity contribution >= 4 is 27.6 Å². The minimum atomic E-state index is -4.10. The van der Waals surface area contributed by atoms with E-state index in [9.17, 15) is 28.1 Å². The number of non-ortho nitro benzene ring substituents is 1. The Morgan fingerprint density at radius 1 is 0.971 bits per heavy atom. The van der Waals surface area contributed by atoms with Crippen molar-refractivity contribution in [1.29, 1.82) is 0 Å². The molecule has 3 aromatic carbocycles. The summed E-state index contributed by atoms with van der Waals surface area (Å²) in [5.41, 5.74) is 1.23. The number of aryl methyl sites for hydroxylation is 1. The highest BCUT2D eigenvalue weighted by atomic mass is 32.2. The Hall–Kier alpha value is -4.05. The third-order valence-electron chi connectivity index (χ3n) is 5.13. The summed E-state index contributed by atoms with van der Waals surface area (Å²) in [5, 5.41) is 10.8. The van der Waals surface area contributed by atoms with E-state index in [1.165, 1.54) is 36.4 Å². The topological polar surface area (TPSA) is 124 Å². The summed E-state index contributed by atoms with van der Waals surface area (Å²) in [4.78, 5) is 35.8. The minimum Gasteiger partial charge on any atom is -0.453 e. The second-order valence-electron chi connectivity index (χ2n) is 7.49. The number of nitro benzene ring substituents is 1. The Labute approximate surface area is 196 Å². The van der Waals surface area contributed by atoms with Crippen LogP contribution in [0.4, 0.5) is 5.69 Å². The normalized spacial score (nSPS) is 11.9. The van der Waals surface area contributed by atoms with Gasteiger partial charge in [0.2, 0.25) is 5.91 Å². The lowest BCUT2D eigenvalue weighted by atomic mass is 10.1. The van der Waals surface area contributed by atoms with Crippen molar-refractivity contribution in [2.24, 2.45) is 0 Å². The van der Waals surface area contributed by atoms with Crippen molar-refractivity contribution in [2.45, 2.75) is 24.3 Å². The molecule has 0 radical (unpaired) electrons. The van der Waals surface area contributed by atoms with Gasteiger partial charge >= 0.3 is 5.97 Å². The average molecular weight is 483 g/mol. The Morgan fingerprint density at radius 2 is 1.56 bits per heavy atom. The molecule has 0 saturated carbocycles. The molecule has 10 heteroatoms. The molecule has 0 bridgehead atoms. The minimum absolute atomic E-state index is 0.0342. The van der Waals surface area contributed by atoms with Crippen LogP contribution < -0.4 is 0 Å². The van der Waals surface area contributed by atoms with Gasteiger partial charge in [-0.05, 0) is 36.8 Å². The Bertz CT molecular complexity index is 1290. The van der Waals surface area contributed by atoms with Crippen LogP contribution in [0.15, 0.2) is 83.8 Å². The second-order valence-corrected chi connectivity index (χ2v) is 9.46. The van der Waals surface area contributed by atoms with Crippen LogP contribution in [0.3, 0.4) is 0 Å². The Balaban J connectivity index is 1.82. The third-order valence-corrected chi connectivity index (χ3v) is 6.92. The molecule has 9 nitrogen and oxygen atoms in total. The zero-order valence-electron chi connectivity index (χ0n) is 18.5. The lowest BCUT2D eigenvalue weighted by molar-refractivity contribution is -0.384. The molecule has 1 unspecified atom stereocenters. The van der Waals surface area contributed by atoms with Crippen molar-refractivity contribution in [3.05, 3.63) is 106 Å². The first-order valence-electron chi connectivity index (χ1n) is 10.2. The van der Waals surface area contributed by atoms with Gasteiger partial charge in [0.25, 0.3) is 15.7 Å². The van der Waals surface area contributed by atoms with Gasteiger partial charge in [0.15, 0.2) is 0 Å². The molecule has 34 heavy (non-hydrogen) atoms. The van der Waals surface area contributed by atoms with Gasteiger partial charge in [0.05, 0.1) is 21.8 Å². The largest absolute Gasteiger partial charge is 0.453 e. The van der Waals surface area contributed by atoms with E-state index in [4.69, 9.17) is 4.74 Å². The molecule has 0 aliphatic carbocycles. The number of carbonyl (C=O) groups excluding carboxylic acids is 2. The lowest BCUT2D eigenvalue weighted by Crippen LogP contribution is -2.34. The molecule has 1 amide bonds.